The molecule has 3 nitrogen and oxygen atoms in total. The lowest BCUT2D eigenvalue weighted by atomic mass is 9.92. The number of likely N-dealkylation sites (tertiary alicyclic amines) is 1. The van der Waals surface area contributed by atoms with Gasteiger partial charge in [0.15, 0.2) is 0 Å². The number of hydrogen-bond acceptors (Lipinski definition) is 4. The predicted octanol–water partition coefficient (Wildman–Crippen LogP) is 4.66. The Labute approximate surface area is 157 Å². The summed E-state index contributed by atoms with van der Waals surface area (Å²) in [4.78, 5) is 20.6. The first-order valence-corrected chi connectivity index (χ1v) is 10.8. The second-order valence-corrected chi connectivity index (χ2v) is 7.68. The van der Waals surface area contributed by atoms with Crippen LogP contribution >= 0.6 is 11.8 Å². The van der Waals surface area contributed by atoms with E-state index in [0.717, 1.165) is 45.4 Å². The van der Waals surface area contributed by atoms with Crippen molar-refractivity contribution in [3.63, 3.8) is 0 Å². The third kappa shape index (κ3) is 7.33. The van der Waals surface area contributed by atoms with Crippen molar-refractivity contribution >= 4 is 23.8 Å². The average Bonchev–Trinajstić information content (AvgIpc) is 2.96. The van der Waals surface area contributed by atoms with Crippen molar-refractivity contribution < 1.29 is 4.79 Å². The van der Waals surface area contributed by atoms with Gasteiger partial charge in [0, 0.05) is 37.1 Å². The van der Waals surface area contributed by atoms with E-state index in [1.165, 1.54) is 23.3 Å². The molecule has 2 rings (SSSR count). The van der Waals surface area contributed by atoms with Gasteiger partial charge in [-0.3, -0.25) is 14.7 Å². The maximum atomic E-state index is 12.6. The van der Waals surface area contributed by atoms with E-state index in [-0.39, 0.29) is 0 Å². The first-order chi connectivity index (χ1) is 12.2. The van der Waals surface area contributed by atoms with Crippen LogP contribution in [0.1, 0.15) is 45.4 Å². The number of carbonyl (C=O) groups is 1. The molecule has 1 unspecified atom stereocenters. The largest absolute Gasteiger partial charge is 0.299 e. The van der Waals surface area contributed by atoms with E-state index in [0.29, 0.717) is 18.1 Å². The lowest BCUT2D eigenvalue weighted by Crippen LogP contribution is -2.26. The van der Waals surface area contributed by atoms with Crippen molar-refractivity contribution in [2.45, 2.75) is 45.4 Å². The number of carbonyl (C=O) groups excluding carboxylic acids is 1. The molecule has 0 spiro atoms. The summed E-state index contributed by atoms with van der Waals surface area (Å²) in [6.45, 7) is 6.11. The van der Waals surface area contributed by atoms with Gasteiger partial charge in [0.2, 0.25) is 0 Å². The number of allylic oxidation sites excluding steroid dienone is 5. The molecule has 0 aromatic heterocycles. The summed E-state index contributed by atoms with van der Waals surface area (Å²) in [5, 5.41) is 0. The van der Waals surface area contributed by atoms with Crippen LogP contribution in [-0.4, -0.2) is 49.3 Å². The van der Waals surface area contributed by atoms with Gasteiger partial charge in [0.05, 0.1) is 0 Å². The molecule has 1 fully saturated rings. The monoisotopic (exact) mass is 360 g/mol. The fourth-order valence-corrected chi connectivity index (χ4v) is 4.15. The molecule has 2 aliphatic rings. The van der Waals surface area contributed by atoms with Crippen molar-refractivity contribution in [1.29, 1.82) is 0 Å². The van der Waals surface area contributed by atoms with E-state index in [1.54, 1.807) is 11.8 Å². The molecule has 1 atom stereocenters. The zero-order valence-corrected chi connectivity index (χ0v) is 16.6. The molecule has 0 bridgehead atoms. The molecule has 1 saturated heterocycles. The van der Waals surface area contributed by atoms with E-state index in [4.69, 9.17) is 0 Å². The SMILES string of the molecule is CCN=CCN1CCCC(CC(=O)CC2=C(SC)C=CCC=C2)CC1. The molecule has 1 aliphatic carbocycles. The minimum absolute atomic E-state index is 0.396. The van der Waals surface area contributed by atoms with Crippen LogP contribution in [0.5, 0.6) is 0 Å². The van der Waals surface area contributed by atoms with Gasteiger partial charge < -0.3 is 0 Å². The maximum Gasteiger partial charge on any atom is 0.137 e. The molecule has 25 heavy (non-hydrogen) atoms. The summed E-state index contributed by atoms with van der Waals surface area (Å²) >= 11 is 1.74. The van der Waals surface area contributed by atoms with Crippen LogP contribution in [0.4, 0.5) is 0 Å². The van der Waals surface area contributed by atoms with Crippen LogP contribution in [0.2, 0.25) is 0 Å². The highest BCUT2D eigenvalue weighted by Crippen LogP contribution is 2.27. The van der Waals surface area contributed by atoms with Gasteiger partial charge in [-0.1, -0.05) is 24.3 Å². The Morgan fingerprint density at radius 1 is 1.32 bits per heavy atom. The van der Waals surface area contributed by atoms with Gasteiger partial charge in [-0.25, -0.2) is 0 Å². The highest BCUT2D eigenvalue weighted by molar-refractivity contribution is 8.02. The Kier molecular flexibility index (Phi) is 9.27. The van der Waals surface area contributed by atoms with Crippen LogP contribution in [0.15, 0.2) is 39.8 Å². The van der Waals surface area contributed by atoms with Gasteiger partial charge in [-0.15, -0.1) is 11.8 Å². The summed E-state index contributed by atoms with van der Waals surface area (Å²) in [6.07, 6.45) is 18.5. The molecule has 0 radical (unpaired) electrons. The summed E-state index contributed by atoms with van der Waals surface area (Å²) in [7, 11) is 0. The standard InChI is InChI=1S/C21H32N2OS/c1-3-22-12-15-23-13-7-8-18(11-14-23)16-20(24)17-19-9-5-4-6-10-21(19)25-2/h5-6,9-10,12,18H,3-4,7-8,11,13-17H2,1-2H3. The first-order valence-electron chi connectivity index (χ1n) is 9.55. The van der Waals surface area contributed by atoms with Crippen LogP contribution in [0.25, 0.3) is 0 Å². The molecule has 0 amide bonds. The fraction of sp³-hybridized carbons (Fsp3) is 0.619. The summed E-state index contributed by atoms with van der Waals surface area (Å²) in [5.41, 5.74) is 1.19. The zero-order valence-electron chi connectivity index (χ0n) is 15.7. The van der Waals surface area contributed by atoms with E-state index >= 15 is 0 Å². The number of Topliss-reactive ketones (excluding diaryl/α,β-unsaturated/α-hetero) is 1. The number of nitrogens with zero attached hydrogens (tertiary/aromatic N) is 2. The third-order valence-corrected chi connectivity index (χ3v) is 5.73. The van der Waals surface area contributed by atoms with Crippen LogP contribution in [-0.2, 0) is 4.79 Å². The Morgan fingerprint density at radius 2 is 2.16 bits per heavy atom. The van der Waals surface area contributed by atoms with Crippen molar-refractivity contribution in [3.05, 3.63) is 34.8 Å². The average molecular weight is 361 g/mol. The number of rotatable bonds is 8. The van der Waals surface area contributed by atoms with Gasteiger partial charge in [-0.05, 0) is 63.4 Å². The Morgan fingerprint density at radius 3 is 2.96 bits per heavy atom. The smallest absolute Gasteiger partial charge is 0.137 e. The molecule has 1 aliphatic heterocycles. The summed E-state index contributed by atoms with van der Waals surface area (Å²) in [6, 6.07) is 0. The van der Waals surface area contributed by atoms with Crippen LogP contribution in [0.3, 0.4) is 0 Å². The molecule has 0 saturated carbocycles. The lowest BCUT2D eigenvalue weighted by Gasteiger charge is -2.17. The second-order valence-electron chi connectivity index (χ2n) is 6.83. The maximum absolute atomic E-state index is 12.6. The zero-order chi connectivity index (χ0) is 17.9. The number of ketones is 1. The topological polar surface area (TPSA) is 32.7 Å². The Bertz CT molecular complexity index is 548. The van der Waals surface area contributed by atoms with E-state index in [2.05, 4.69) is 47.4 Å². The second kappa shape index (κ2) is 11.5. The predicted molar refractivity (Wildman–Crippen MR) is 110 cm³/mol. The van der Waals surface area contributed by atoms with Crippen LogP contribution < -0.4 is 0 Å². The van der Waals surface area contributed by atoms with E-state index in [9.17, 15) is 4.79 Å². The minimum atomic E-state index is 0.396. The molecule has 4 heteroatoms. The van der Waals surface area contributed by atoms with Crippen LogP contribution in [0, 0.1) is 5.92 Å². The Hall–Kier alpha value is -1.13. The van der Waals surface area contributed by atoms with Gasteiger partial charge in [-0.2, -0.15) is 0 Å². The van der Waals surface area contributed by atoms with Crippen molar-refractivity contribution in [1.82, 2.24) is 4.90 Å². The van der Waals surface area contributed by atoms with Crippen molar-refractivity contribution in [3.8, 4) is 0 Å². The molecule has 1 heterocycles. The third-order valence-electron chi connectivity index (χ3n) is 4.89. The molecule has 138 valence electrons. The minimum Gasteiger partial charge on any atom is -0.299 e. The van der Waals surface area contributed by atoms with Gasteiger partial charge >= 0.3 is 0 Å². The normalized spacial score (nSPS) is 22.4. The lowest BCUT2D eigenvalue weighted by molar-refractivity contribution is -0.119. The molecular weight excluding hydrogens is 328 g/mol. The molecule has 0 aromatic carbocycles. The summed E-state index contributed by atoms with van der Waals surface area (Å²) < 4.78 is 0. The molecular formula is C21H32N2OS. The quantitative estimate of drug-likeness (QED) is 0.590. The number of thioether (sulfide) groups is 1. The van der Waals surface area contributed by atoms with Gasteiger partial charge in [0.25, 0.3) is 0 Å². The highest BCUT2D eigenvalue weighted by Gasteiger charge is 2.20. The highest BCUT2D eigenvalue weighted by atomic mass is 32.2. The number of hydrogen-bond donors (Lipinski definition) is 0. The van der Waals surface area contributed by atoms with Crippen molar-refractivity contribution in [2.24, 2.45) is 10.9 Å². The fourth-order valence-electron chi connectivity index (χ4n) is 3.52. The summed E-state index contributed by atoms with van der Waals surface area (Å²) in [5.74, 6) is 0.941. The Balaban J connectivity index is 1.83. The van der Waals surface area contributed by atoms with E-state index < -0.39 is 0 Å². The first kappa shape index (κ1) is 20.2. The molecule has 0 aromatic rings. The van der Waals surface area contributed by atoms with E-state index in [1.807, 2.05) is 6.21 Å². The number of aliphatic imine (C=N–C) groups is 1. The van der Waals surface area contributed by atoms with Gasteiger partial charge in [0.1, 0.15) is 5.78 Å². The molecule has 0 N–H and O–H groups in total. The van der Waals surface area contributed by atoms with Crippen molar-refractivity contribution in [2.75, 3.05) is 32.4 Å².